The van der Waals surface area contributed by atoms with Gasteiger partial charge in [0.25, 0.3) is 0 Å². The minimum atomic E-state index is 0.502. The largest absolute Gasteiger partial charge is 0.496 e. The van der Waals surface area contributed by atoms with Gasteiger partial charge in [-0.05, 0) is 40.6 Å². The lowest BCUT2D eigenvalue weighted by atomic mass is 9.98. The summed E-state index contributed by atoms with van der Waals surface area (Å²) < 4.78 is 16.6. The molecule has 0 fully saturated rings. The van der Waals surface area contributed by atoms with Crippen LogP contribution in [-0.2, 0) is 4.74 Å². The summed E-state index contributed by atoms with van der Waals surface area (Å²) in [6.45, 7) is 2.68. The van der Waals surface area contributed by atoms with E-state index in [-0.39, 0.29) is 0 Å². The highest BCUT2D eigenvalue weighted by atomic mass is 16.5. The topological polar surface area (TPSA) is 52.1 Å². The van der Waals surface area contributed by atoms with Crippen LogP contribution < -0.4 is 14.8 Å². The normalized spacial score (nSPS) is 13.3. The molecule has 0 saturated heterocycles. The van der Waals surface area contributed by atoms with Crippen molar-refractivity contribution in [3.8, 4) is 22.6 Å². The molecule has 5 heteroatoms. The summed E-state index contributed by atoms with van der Waals surface area (Å²) in [4.78, 5) is 4.58. The van der Waals surface area contributed by atoms with Crippen molar-refractivity contribution < 1.29 is 14.2 Å². The molecule has 0 atom stereocenters. The van der Waals surface area contributed by atoms with Crippen molar-refractivity contribution in [2.75, 3.05) is 40.5 Å². The summed E-state index contributed by atoms with van der Waals surface area (Å²) in [5.41, 5.74) is 3.17. The molecule has 0 unspecified atom stereocenters. The molecule has 1 N–H and O–H groups in total. The first-order chi connectivity index (χ1) is 13.8. The number of nitrogens with zero attached hydrogens (tertiary/aromatic N) is 1. The van der Waals surface area contributed by atoms with E-state index in [1.807, 2.05) is 18.2 Å². The van der Waals surface area contributed by atoms with Gasteiger partial charge in [-0.1, -0.05) is 30.3 Å². The van der Waals surface area contributed by atoms with Crippen LogP contribution in [0.25, 0.3) is 21.9 Å². The Bertz CT molecular complexity index is 1010. The van der Waals surface area contributed by atoms with Gasteiger partial charge in [-0.15, -0.1) is 0 Å². The van der Waals surface area contributed by atoms with Gasteiger partial charge in [0.2, 0.25) is 0 Å². The SMILES string of the molecule is COCCOc1cc2ccc(-c3ccccc3OC)cc2cc1C1=NCCN1. The molecule has 28 heavy (non-hydrogen) atoms. The Kier molecular flexibility index (Phi) is 5.44. The van der Waals surface area contributed by atoms with Crippen LogP contribution >= 0.6 is 0 Å². The first kappa shape index (κ1) is 18.3. The zero-order valence-electron chi connectivity index (χ0n) is 16.2. The molecule has 144 valence electrons. The van der Waals surface area contributed by atoms with Crippen LogP contribution in [0.3, 0.4) is 0 Å². The smallest absolute Gasteiger partial charge is 0.132 e. The van der Waals surface area contributed by atoms with Gasteiger partial charge in [-0.3, -0.25) is 4.99 Å². The monoisotopic (exact) mass is 376 g/mol. The average molecular weight is 376 g/mol. The molecule has 1 aliphatic heterocycles. The van der Waals surface area contributed by atoms with Gasteiger partial charge in [0.15, 0.2) is 0 Å². The van der Waals surface area contributed by atoms with E-state index in [4.69, 9.17) is 14.2 Å². The Balaban J connectivity index is 1.79. The highest BCUT2D eigenvalue weighted by Gasteiger charge is 2.16. The van der Waals surface area contributed by atoms with E-state index in [1.165, 1.54) is 0 Å². The second-order valence-corrected chi connectivity index (χ2v) is 6.61. The summed E-state index contributed by atoms with van der Waals surface area (Å²) in [5, 5.41) is 5.60. The summed E-state index contributed by atoms with van der Waals surface area (Å²) in [7, 11) is 3.37. The van der Waals surface area contributed by atoms with Crippen molar-refractivity contribution in [1.82, 2.24) is 5.32 Å². The van der Waals surface area contributed by atoms with E-state index in [0.29, 0.717) is 13.2 Å². The molecular formula is C23H24N2O3. The number of para-hydroxylation sites is 1. The Hall–Kier alpha value is -3.05. The fourth-order valence-electron chi connectivity index (χ4n) is 3.45. The number of benzene rings is 3. The maximum absolute atomic E-state index is 5.98. The molecule has 1 aliphatic rings. The van der Waals surface area contributed by atoms with Crippen molar-refractivity contribution in [3.05, 3.63) is 60.2 Å². The van der Waals surface area contributed by atoms with Crippen molar-refractivity contribution >= 4 is 16.6 Å². The highest BCUT2D eigenvalue weighted by Crippen LogP contribution is 2.34. The van der Waals surface area contributed by atoms with Crippen molar-refractivity contribution in [1.29, 1.82) is 0 Å². The lowest BCUT2D eigenvalue weighted by Gasteiger charge is -2.15. The minimum Gasteiger partial charge on any atom is -0.496 e. The third-order valence-electron chi connectivity index (χ3n) is 4.83. The van der Waals surface area contributed by atoms with Crippen LogP contribution in [0, 0.1) is 0 Å². The van der Waals surface area contributed by atoms with Crippen LogP contribution in [0.4, 0.5) is 0 Å². The van der Waals surface area contributed by atoms with Crippen molar-refractivity contribution in [3.63, 3.8) is 0 Å². The Morgan fingerprint density at radius 1 is 0.893 bits per heavy atom. The van der Waals surface area contributed by atoms with Gasteiger partial charge in [0.1, 0.15) is 23.9 Å². The van der Waals surface area contributed by atoms with E-state index in [1.54, 1.807) is 14.2 Å². The maximum atomic E-state index is 5.98. The van der Waals surface area contributed by atoms with E-state index < -0.39 is 0 Å². The van der Waals surface area contributed by atoms with Gasteiger partial charge in [0, 0.05) is 19.2 Å². The molecule has 0 spiro atoms. The van der Waals surface area contributed by atoms with Gasteiger partial charge >= 0.3 is 0 Å². The van der Waals surface area contributed by atoms with Crippen molar-refractivity contribution in [2.24, 2.45) is 4.99 Å². The number of ether oxygens (including phenoxy) is 3. The molecule has 0 aromatic heterocycles. The average Bonchev–Trinajstić information content (AvgIpc) is 3.28. The van der Waals surface area contributed by atoms with Gasteiger partial charge in [0.05, 0.1) is 25.8 Å². The standard InChI is InChI=1S/C23H24N2O3/c1-26-11-12-28-22-15-16-7-8-17(19-5-3-4-6-21(19)27-2)13-18(16)14-20(22)23-24-9-10-25-23/h3-8,13-15H,9-12H2,1-2H3,(H,24,25). The molecule has 0 radical (unpaired) electrons. The van der Waals surface area contributed by atoms with Crippen LogP contribution in [-0.4, -0.2) is 46.4 Å². The highest BCUT2D eigenvalue weighted by molar-refractivity contribution is 6.06. The zero-order chi connectivity index (χ0) is 19.3. The molecule has 3 aromatic carbocycles. The first-order valence-corrected chi connectivity index (χ1v) is 9.42. The molecule has 0 amide bonds. The number of aliphatic imine (C=N–C) groups is 1. The third kappa shape index (κ3) is 3.66. The second-order valence-electron chi connectivity index (χ2n) is 6.61. The molecule has 5 nitrogen and oxygen atoms in total. The molecule has 0 bridgehead atoms. The molecule has 4 rings (SSSR count). The van der Waals surface area contributed by atoms with Crippen LogP contribution in [0.2, 0.25) is 0 Å². The number of hydrogen-bond donors (Lipinski definition) is 1. The lowest BCUT2D eigenvalue weighted by Crippen LogP contribution is -2.20. The number of amidine groups is 1. The first-order valence-electron chi connectivity index (χ1n) is 9.42. The molecule has 1 heterocycles. The van der Waals surface area contributed by atoms with Crippen LogP contribution in [0.5, 0.6) is 11.5 Å². The fourth-order valence-corrected chi connectivity index (χ4v) is 3.45. The van der Waals surface area contributed by atoms with Gasteiger partial charge in [-0.25, -0.2) is 0 Å². The molecule has 0 aliphatic carbocycles. The molecule has 3 aromatic rings. The Labute approximate surface area is 165 Å². The predicted octanol–water partition coefficient (Wildman–Crippen LogP) is 3.89. The van der Waals surface area contributed by atoms with Crippen LogP contribution in [0.1, 0.15) is 5.56 Å². The summed E-state index contributed by atoms with van der Waals surface area (Å²) in [6, 6.07) is 18.7. The van der Waals surface area contributed by atoms with Gasteiger partial charge in [-0.2, -0.15) is 0 Å². The molecular weight excluding hydrogens is 352 g/mol. The van der Waals surface area contributed by atoms with Crippen LogP contribution in [0.15, 0.2) is 59.6 Å². The zero-order valence-corrected chi connectivity index (χ0v) is 16.2. The minimum absolute atomic E-state index is 0.502. The summed E-state index contributed by atoms with van der Waals surface area (Å²) >= 11 is 0. The van der Waals surface area contributed by atoms with Gasteiger partial charge < -0.3 is 19.5 Å². The maximum Gasteiger partial charge on any atom is 0.132 e. The number of fused-ring (bicyclic) bond motifs is 1. The van der Waals surface area contributed by atoms with Crippen molar-refractivity contribution in [2.45, 2.75) is 0 Å². The van der Waals surface area contributed by atoms with E-state index in [0.717, 1.165) is 57.9 Å². The predicted molar refractivity (Wildman–Crippen MR) is 113 cm³/mol. The number of methoxy groups -OCH3 is 2. The lowest BCUT2D eigenvalue weighted by molar-refractivity contribution is 0.146. The van der Waals surface area contributed by atoms with E-state index in [9.17, 15) is 0 Å². The van der Waals surface area contributed by atoms with E-state index >= 15 is 0 Å². The third-order valence-corrected chi connectivity index (χ3v) is 4.83. The molecule has 0 saturated carbocycles. The van der Waals surface area contributed by atoms with E-state index in [2.05, 4.69) is 46.7 Å². The summed E-state index contributed by atoms with van der Waals surface area (Å²) in [5.74, 6) is 2.57. The second kappa shape index (κ2) is 8.31. The number of hydrogen-bond acceptors (Lipinski definition) is 5. The Morgan fingerprint density at radius 3 is 2.57 bits per heavy atom. The number of rotatable bonds is 7. The summed E-state index contributed by atoms with van der Waals surface area (Å²) in [6.07, 6.45) is 0. The Morgan fingerprint density at radius 2 is 1.79 bits per heavy atom. The fraction of sp³-hybridized carbons (Fsp3) is 0.261. The number of nitrogens with one attached hydrogen (secondary N) is 1. The quantitative estimate of drug-likeness (QED) is 0.636.